The van der Waals surface area contributed by atoms with E-state index in [9.17, 15) is 9.90 Å². The van der Waals surface area contributed by atoms with Crippen LogP contribution >= 0.6 is 0 Å². The monoisotopic (exact) mass is 341 g/mol. The van der Waals surface area contributed by atoms with Crippen LogP contribution < -0.4 is 5.73 Å². The van der Waals surface area contributed by atoms with Crippen LogP contribution in [0.25, 0.3) is 0 Å². The Morgan fingerprint density at radius 1 is 0.708 bits per heavy atom. The second-order valence-electron chi connectivity index (χ2n) is 7.69. The Kier molecular flexibility index (Phi) is 15.6. The van der Waals surface area contributed by atoms with Crippen molar-refractivity contribution in [2.45, 2.75) is 129 Å². The quantitative estimate of drug-likeness (QED) is 0.306. The summed E-state index contributed by atoms with van der Waals surface area (Å²) in [6.07, 6.45) is 21.7. The molecule has 0 aliphatic heterocycles. The topological polar surface area (TPSA) is 63.3 Å². The van der Waals surface area contributed by atoms with Crippen molar-refractivity contribution in [1.82, 2.24) is 0 Å². The molecule has 0 radical (unpaired) electrons. The summed E-state index contributed by atoms with van der Waals surface area (Å²) < 4.78 is 0. The van der Waals surface area contributed by atoms with Gasteiger partial charge in [-0.25, -0.2) is 0 Å². The Hall–Kier alpha value is -0.570. The average Bonchev–Trinajstić information content (AvgIpc) is 2.54. The lowest BCUT2D eigenvalue weighted by atomic mass is 9.97. The van der Waals surface area contributed by atoms with Crippen LogP contribution in [-0.2, 0) is 4.79 Å². The summed E-state index contributed by atoms with van der Waals surface area (Å²) in [4.78, 5) is 11.0. The maximum Gasteiger partial charge on any atom is 0.249 e. The van der Waals surface area contributed by atoms with E-state index in [2.05, 4.69) is 6.92 Å². The Bertz CT molecular complexity index is 290. The van der Waals surface area contributed by atoms with E-state index in [4.69, 9.17) is 5.73 Å². The first-order valence-corrected chi connectivity index (χ1v) is 10.5. The van der Waals surface area contributed by atoms with Gasteiger partial charge in [-0.15, -0.1) is 0 Å². The fraction of sp³-hybridized carbons (Fsp3) is 0.952. The molecule has 0 heterocycles. The molecule has 0 saturated carbocycles. The van der Waals surface area contributed by atoms with E-state index >= 15 is 0 Å². The minimum Gasteiger partial charge on any atom is -0.380 e. The number of rotatable bonds is 18. The third-order valence-electron chi connectivity index (χ3n) is 5.05. The minimum absolute atomic E-state index is 0.487. The Morgan fingerprint density at radius 3 is 1.29 bits per heavy atom. The number of nitrogens with two attached hydrogens (primary N) is 1. The van der Waals surface area contributed by atoms with E-state index < -0.39 is 11.5 Å². The van der Waals surface area contributed by atoms with Gasteiger partial charge in [0, 0.05) is 0 Å². The summed E-state index contributed by atoms with van der Waals surface area (Å²) in [5.74, 6) is -0.608. The fourth-order valence-corrected chi connectivity index (χ4v) is 3.14. The number of carbonyl (C=O) groups is 1. The Balaban J connectivity index is 3.14. The molecule has 0 aliphatic carbocycles. The van der Waals surface area contributed by atoms with Crippen molar-refractivity contribution in [2.24, 2.45) is 5.73 Å². The van der Waals surface area contributed by atoms with Crippen molar-refractivity contribution < 1.29 is 9.90 Å². The molecule has 0 spiro atoms. The van der Waals surface area contributed by atoms with Crippen LogP contribution in [0.4, 0.5) is 0 Å². The summed E-state index contributed by atoms with van der Waals surface area (Å²) in [5, 5.41) is 9.73. The normalized spacial score (nSPS) is 13.8. The van der Waals surface area contributed by atoms with Crippen LogP contribution in [-0.4, -0.2) is 16.6 Å². The lowest BCUT2D eigenvalue weighted by Crippen LogP contribution is -2.40. The molecule has 0 bridgehead atoms. The van der Waals surface area contributed by atoms with Gasteiger partial charge in [-0.3, -0.25) is 4.79 Å². The highest BCUT2D eigenvalue weighted by atomic mass is 16.3. The molecule has 3 heteroatoms. The van der Waals surface area contributed by atoms with Crippen molar-refractivity contribution in [3.8, 4) is 0 Å². The molecule has 1 unspecified atom stereocenters. The lowest BCUT2D eigenvalue weighted by molar-refractivity contribution is -0.135. The summed E-state index contributed by atoms with van der Waals surface area (Å²) in [7, 11) is 0. The molecule has 1 amide bonds. The first kappa shape index (κ1) is 23.4. The zero-order valence-electron chi connectivity index (χ0n) is 16.5. The second-order valence-corrected chi connectivity index (χ2v) is 7.69. The molecule has 24 heavy (non-hydrogen) atoms. The van der Waals surface area contributed by atoms with Crippen molar-refractivity contribution in [2.75, 3.05) is 0 Å². The summed E-state index contributed by atoms with van der Waals surface area (Å²) in [5.41, 5.74) is 3.82. The van der Waals surface area contributed by atoms with Gasteiger partial charge in [0.15, 0.2) is 0 Å². The van der Waals surface area contributed by atoms with Crippen molar-refractivity contribution in [3.63, 3.8) is 0 Å². The maximum atomic E-state index is 11.0. The standard InChI is InChI=1S/C21H43NO2/c1-3-4-5-6-7-8-9-10-11-12-13-14-15-16-17-18-19-21(2,24)20(22)23/h24H,3-19H2,1-2H3,(H2,22,23). The number of amides is 1. The van der Waals surface area contributed by atoms with Crippen molar-refractivity contribution >= 4 is 5.91 Å². The molecular weight excluding hydrogens is 298 g/mol. The minimum atomic E-state index is -1.32. The van der Waals surface area contributed by atoms with Crippen LogP contribution in [0.1, 0.15) is 123 Å². The highest BCUT2D eigenvalue weighted by Crippen LogP contribution is 2.16. The number of aliphatic hydroxyl groups is 1. The van der Waals surface area contributed by atoms with E-state index in [1.54, 1.807) is 0 Å². The summed E-state index contributed by atoms with van der Waals surface area (Å²) in [6, 6.07) is 0. The van der Waals surface area contributed by atoms with Gasteiger partial charge in [0.05, 0.1) is 0 Å². The van der Waals surface area contributed by atoms with E-state index in [-0.39, 0.29) is 0 Å². The molecule has 0 aromatic rings. The van der Waals surface area contributed by atoms with Crippen LogP contribution in [0.5, 0.6) is 0 Å². The van der Waals surface area contributed by atoms with Gasteiger partial charge in [0.1, 0.15) is 5.60 Å². The Morgan fingerprint density at radius 2 is 1.00 bits per heavy atom. The third kappa shape index (κ3) is 15.0. The molecule has 1 atom stereocenters. The van der Waals surface area contributed by atoms with Crippen LogP contribution in [0.15, 0.2) is 0 Å². The molecule has 144 valence electrons. The van der Waals surface area contributed by atoms with E-state index in [1.807, 2.05) is 0 Å². The first-order chi connectivity index (χ1) is 11.5. The lowest BCUT2D eigenvalue weighted by Gasteiger charge is -2.18. The zero-order chi connectivity index (χ0) is 18.1. The molecule has 0 saturated heterocycles. The first-order valence-electron chi connectivity index (χ1n) is 10.5. The molecule has 0 aromatic carbocycles. The largest absolute Gasteiger partial charge is 0.380 e. The molecule has 0 fully saturated rings. The smallest absolute Gasteiger partial charge is 0.249 e. The highest BCUT2D eigenvalue weighted by molar-refractivity contribution is 5.82. The van der Waals surface area contributed by atoms with Gasteiger partial charge in [0.2, 0.25) is 5.91 Å². The number of primary amides is 1. The number of carbonyl (C=O) groups excluding carboxylic acids is 1. The number of hydrogen-bond donors (Lipinski definition) is 2. The second kappa shape index (κ2) is 15.9. The van der Waals surface area contributed by atoms with Crippen LogP contribution in [0.3, 0.4) is 0 Å². The van der Waals surface area contributed by atoms with Crippen molar-refractivity contribution in [1.29, 1.82) is 0 Å². The van der Waals surface area contributed by atoms with Gasteiger partial charge in [-0.05, 0) is 13.3 Å². The van der Waals surface area contributed by atoms with Crippen molar-refractivity contribution in [3.05, 3.63) is 0 Å². The summed E-state index contributed by atoms with van der Waals surface area (Å²) in [6.45, 7) is 3.79. The SMILES string of the molecule is CCCCCCCCCCCCCCCCCCC(C)(O)C(N)=O. The number of unbranched alkanes of at least 4 members (excludes halogenated alkanes) is 15. The maximum absolute atomic E-state index is 11.0. The zero-order valence-corrected chi connectivity index (χ0v) is 16.5. The average molecular weight is 342 g/mol. The molecule has 0 rings (SSSR count). The van der Waals surface area contributed by atoms with E-state index in [0.717, 1.165) is 12.8 Å². The predicted octanol–water partition coefficient (Wildman–Crippen LogP) is 5.87. The van der Waals surface area contributed by atoms with E-state index in [0.29, 0.717) is 6.42 Å². The molecule has 0 aliphatic rings. The predicted molar refractivity (Wildman–Crippen MR) is 104 cm³/mol. The van der Waals surface area contributed by atoms with Gasteiger partial charge in [0.25, 0.3) is 0 Å². The molecular formula is C21H43NO2. The third-order valence-corrected chi connectivity index (χ3v) is 5.05. The van der Waals surface area contributed by atoms with Gasteiger partial charge in [-0.1, -0.05) is 110 Å². The Labute approximate surface area is 150 Å². The molecule has 0 aromatic heterocycles. The fourth-order valence-electron chi connectivity index (χ4n) is 3.14. The van der Waals surface area contributed by atoms with Crippen LogP contribution in [0.2, 0.25) is 0 Å². The highest BCUT2D eigenvalue weighted by Gasteiger charge is 2.26. The van der Waals surface area contributed by atoms with Gasteiger partial charge >= 0.3 is 0 Å². The van der Waals surface area contributed by atoms with Crippen LogP contribution in [0, 0.1) is 0 Å². The van der Waals surface area contributed by atoms with Gasteiger partial charge < -0.3 is 10.8 Å². The number of hydrogen-bond acceptors (Lipinski definition) is 2. The molecule has 3 nitrogen and oxygen atoms in total. The van der Waals surface area contributed by atoms with E-state index in [1.165, 1.54) is 96.8 Å². The summed E-state index contributed by atoms with van der Waals surface area (Å²) >= 11 is 0. The molecule has 3 N–H and O–H groups in total. The van der Waals surface area contributed by atoms with Gasteiger partial charge in [-0.2, -0.15) is 0 Å².